The van der Waals surface area contributed by atoms with Crippen LogP contribution in [0.5, 0.6) is 0 Å². The lowest BCUT2D eigenvalue weighted by atomic mass is 10.0. The molecule has 0 aliphatic carbocycles. The highest BCUT2D eigenvalue weighted by Crippen LogP contribution is 2.32. The summed E-state index contributed by atoms with van der Waals surface area (Å²) in [6, 6.07) is 23.5. The third-order valence-corrected chi connectivity index (χ3v) is 8.38. The maximum absolute atomic E-state index is 13.8. The van der Waals surface area contributed by atoms with Gasteiger partial charge >= 0.3 is 0 Å². The standard InChI is InChI=1S/C27H26N2O4S/c30-27(24-13-8-14-25-23(24)16-18-33-25)28-19-21-11-6-7-17-29(21)34(31,32)26-15-5-4-12-22(26)20-9-2-1-3-10-20/h1-5,8-10,12-16,18,21H,6-7,11,17,19H2,(H,28,30). The monoisotopic (exact) mass is 474 g/mol. The Kier molecular flexibility index (Phi) is 6.22. The topological polar surface area (TPSA) is 79.6 Å². The quantitative estimate of drug-likeness (QED) is 0.423. The third-order valence-electron chi connectivity index (χ3n) is 6.37. The van der Waals surface area contributed by atoms with Crippen molar-refractivity contribution in [2.24, 2.45) is 0 Å². The Morgan fingerprint density at radius 1 is 0.941 bits per heavy atom. The molecule has 0 bridgehead atoms. The molecule has 1 amide bonds. The predicted octanol–water partition coefficient (Wildman–Crippen LogP) is 5.07. The lowest BCUT2D eigenvalue weighted by Crippen LogP contribution is -2.49. The van der Waals surface area contributed by atoms with Crippen molar-refractivity contribution in [2.75, 3.05) is 13.1 Å². The van der Waals surface area contributed by atoms with Crippen LogP contribution in [0.1, 0.15) is 29.6 Å². The van der Waals surface area contributed by atoms with E-state index in [4.69, 9.17) is 4.42 Å². The normalized spacial score (nSPS) is 17.0. The molecule has 1 fully saturated rings. The molecule has 4 aromatic rings. The zero-order chi connectivity index (χ0) is 23.5. The van der Waals surface area contributed by atoms with E-state index >= 15 is 0 Å². The number of hydrogen-bond acceptors (Lipinski definition) is 4. The van der Waals surface area contributed by atoms with Gasteiger partial charge in [-0.3, -0.25) is 4.79 Å². The number of hydrogen-bond donors (Lipinski definition) is 1. The number of nitrogens with zero attached hydrogens (tertiary/aromatic N) is 1. The summed E-state index contributed by atoms with van der Waals surface area (Å²) in [7, 11) is -3.76. The van der Waals surface area contributed by atoms with E-state index < -0.39 is 10.0 Å². The van der Waals surface area contributed by atoms with E-state index in [-0.39, 0.29) is 18.5 Å². The minimum Gasteiger partial charge on any atom is -0.464 e. The molecule has 0 saturated carbocycles. The van der Waals surface area contributed by atoms with Crippen molar-refractivity contribution in [1.29, 1.82) is 0 Å². The highest BCUT2D eigenvalue weighted by molar-refractivity contribution is 7.89. The molecule has 0 radical (unpaired) electrons. The molecule has 1 aliphatic rings. The molecule has 0 spiro atoms. The molecule has 6 nitrogen and oxygen atoms in total. The van der Waals surface area contributed by atoms with Gasteiger partial charge in [0.1, 0.15) is 5.58 Å². The zero-order valence-corrected chi connectivity index (χ0v) is 19.5. The summed E-state index contributed by atoms with van der Waals surface area (Å²) in [6.07, 6.45) is 3.97. The number of furan rings is 1. The minimum absolute atomic E-state index is 0.236. The van der Waals surface area contributed by atoms with Gasteiger partial charge in [-0.25, -0.2) is 8.42 Å². The highest BCUT2D eigenvalue weighted by Gasteiger charge is 2.35. The highest BCUT2D eigenvalue weighted by atomic mass is 32.2. The van der Waals surface area contributed by atoms with Crippen molar-refractivity contribution in [3.8, 4) is 11.1 Å². The number of sulfonamides is 1. The Bertz CT molecular complexity index is 1410. The van der Waals surface area contributed by atoms with Gasteiger partial charge in [0.25, 0.3) is 5.91 Å². The first-order chi connectivity index (χ1) is 16.6. The molecule has 7 heteroatoms. The lowest BCUT2D eigenvalue weighted by Gasteiger charge is -2.35. The number of benzene rings is 3. The molecular weight excluding hydrogens is 448 g/mol. The van der Waals surface area contributed by atoms with Gasteiger partial charge in [-0.15, -0.1) is 0 Å². The van der Waals surface area contributed by atoms with E-state index in [1.165, 1.54) is 0 Å². The van der Waals surface area contributed by atoms with Crippen LogP contribution in [-0.4, -0.2) is 37.8 Å². The average Bonchev–Trinajstić information content (AvgIpc) is 3.37. The Labute approximate surface area is 199 Å². The van der Waals surface area contributed by atoms with E-state index in [1.54, 1.807) is 40.9 Å². The van der Waals surface area contributed by atoms with Crippen molar-refractivity contribution in [1.82, 2.24) is 9.62 Å². The largest absolute Gasteiger partial charge is 0.464 e. The van der Waals surface area contributed by atoms with Crippen LogP contribution >= 0.6 is 0 Å². The molecule has 1 saturated heterocycles. The maximum Gasteiger partial charge on any atom is 0.252 e. The van der Waals surface area contributed by atoms with E-state index in [9.17, 15) is 13.2 Å². The van der Waals surface area contributed by atoms with E-state index in [0.29, 0.717) is 34.6 Å². The molecule has 1 aromatic heterocycles. The first-order valence-electron chi connectivity index (χ1n) is 11.5. The van der Waals surface area contributed by atoms with Crippen molar-refractivity contribution in [3.05, 3.63) is 90.7 Å². The molecule has 1 aliphatic heterocycles. The van der Waals surface area contributed by atoms with Crippen LogP contribution in [0.3, 0.4) is 0 Å². The van der Waals surface area contributed by atoms with Gasteiger partial charge in [0, 0.05) is 30.1 Å². The first kappa shape index (κ1) is 22.4. The summed E-state index contributed by atoms with van der Waals surface area (Å²) < 4.78 is 34.7. The van der Waals surface area contributed by atoms with Crippen LogP contribution < -0.4 is 5.32 Å². The Morgan fingerprint density at radius 3 is 2.59 bits per heavy atom. The molecule has 3 aromatic carbocycles. The summed E-state index contributed by atoms with van der Waals surface area (Å²) in [5.41, 5.74) is 2.71. The Balaban J connectivity index is 1.40. The average molecular weight is 475 g/mol. The molecular formula is C27H26N2O4S. The van der Waals surface area contributed by atoms with Crippen molar-refractivity contribution >= 4 is 26.9 Å². The minimum atomic E-state index is -3.76. The summed E-state index contributed by atoms with van der Waals surface area (Å²) in [5.74, 6) is -0.236. The SMILES string of the molecule is O=C(NCC1CCCCN1S(=O)(=O)c1ccccc1-c1ccccc1)c1cccc2occc12. The maximum atomic E-state index is 13.8. The van der Waals surface area contributed by atoms with Gasteiger partial charge in [0.2, 0.25) is 10.0 Å². The van der Waals surface area contributed by atoms with Gasteiger partial charge in [-0.05, 0) is 42.7 Å². The van der Waals surface area contributed by atoms with Crippen LogP contribution in [-0.2, 0) is 10.0 Å². The summed E-state index contributed by atoms with van der Waals surface area (Å²) in [4.78, 5) is 13.2. The van der Waals surface area contributed by atoms with Crippen molar-refractivity contribution in [3.63, 3.8) is 0 Å². The predicted molar refractivity (Wildman–Crippen MR) is 132 cm³/mol. The van der Waals surface area contributed by atoms with E-state index in [2.05, 4.69) is 5.32 Å². The van der Waals surface area contributed by atoms with Gasteiger partial charge in [0.15, 0.2) is 0 Å². The molecule has 174 valence electrons. The number of fused-ring (bicyclic) bond motifs is 1. The fourth-order valence-electron chi connectivity index (χ4n) is 4.67. The van der Waals surface area contributed by atoms with Gasteiger partial charge < -0.3 is 9.73 Å². The first-order valence-corrected chi connectivity index (χ1v) is 12.9. The molecule has 34 heavy (non-hydrogen) atoms. The van der Waals surface area contributed by atoms with Gasteiger partial charge in [-0.2, -0.15) is 4.31 Å². The van der Waals surface area contributed by atoms with Crippen LogP contribution in [0.15, 0.2) is 94.4 Å². The van der Waals surface area contributed by atoms with Gasteiger partial charge in [-0.1, -0.05) is 61.0 Å². The number of nitrogens with one attached hydrogen (secondary N) is 1. The number of rotatable bonds is 6. The van der Waals surface area contributed by atoms with Crippen LogP contribution in [0.25, 0.3) is 22.1 Å². The van der Waals surface area contributed by atoms with Crippen LogP contribution in [0.2, 0.25) is 0 Å². The second-order valence-corrected chi connectivity index (χ2v) is 10.3. The van der Waals surface area contributed by atoms with Crippen molar-refractivity contribution < 1.29 is 17.6 Å². The van der Waals surface area contributed by atoms with Gasteiger partial charge in [0.05, 0.1) is 16.7 Å². The Morgan fingerprint density at radius 2 is 1.74 bits per heavy atom. The zero-order valence-electron chi connectivity index (χ0n) is 18.7. The fraction of sp³-hybridized carbons (Fsp3) is 0.222. The van der Waals surface area contributed by atoms with E-state index in [1.807, 2.05) is 48.5 Å². The third kappa shape index (κ3) is 4.24. The lowest BCUT2D eigenvalue weighted by molar-refractivity contribution is 0.0941. The molecule has 1 unspecified atom stereocenters. The second kappa shape index (κ2) is 9.44. The molecule has 1 atom stereocenters. The van der Waals surface area contributed by atoms with Crippen LogP contribution in [0, 0.1) is 0 Å². The summed E-state index contributed by atoms with van der Waals surface area (Å²) in [5, 5.41) is 3.70. The number of carbonyl (C=O) groups excluding carboxylic acids is 1. The Hall–Kier alpha value is -3.42. The number of amides is 1. The van der Waals surface area contributed by atoms with E-state index in [0.717, 1.165) is 23.8 Å². The number of carbonyl (C=O) groups is 1. The second-order valence-electron chi connectivity index (χ2n) is 8.48. The van der Waals surface area contributed by atoms with Crippen molar-refractivity contribution in [2.45, 2.75) is 30.2 Å². The molecule has 5 rings (SSSR count). The molecule has 1 N–H and O–H groups in total. The van der Waals surface area contributed by atoms with Crippen LogP contribution in [0.4, 0.5) is 0 Å². The fourth-order valence-corrected chi connectivity index (χ4v) is 6.58. The number of piperidine rings is 1. The smallest absolute Gasteiger partial charge is 0.252 e. The summed E-state index contributed by atoms with van der Waals surface area (Å²) in [6.45, 7) is 0.684. The summed E-state index contributed by atoms with van der Waals surface area (Å²) >= 11 is 0. The molecule has 2 heterocycles.